The van der Waals surface area contributed by atoms with Crippen LogP contribution in [0.3, 0.4) is 0 Å². The largest absolute Gasteiger partial charge is 0.395 e. The van der Waals surface area contributed by atoms with E-state index in [-0.39, 0.29) is 18.7 Å². The van der Waals surface area contributed by atoms with Gasteiger partial charge >= 0.3 is 0 Å². The number of hydrogen-bond acceptors (Lipinski definition) is 3. The van der Waals surface area contributed by atoms with E-state index in [0.29, 0.717) is 21.7 Å². The van der Waals surface area contributed by atoms with E-state index >= 15 is 0 Å². The Balaban J connectivity index is 1.85. The Morgan fingerprint density at radius 1 is 1.17 bits per heavy atom. The number of aliphatic hydroxyl groups excluding tert-OH is 1. The van der Waals surface area contributed by atoms with Gasteiger partial charge in [0, 0.05) is 29.2 Å². The smallest absolute Gasteiger partial charge is 0.170 e. The van der Waals surface area contributed by atoms with Crippen LogP contribution in [0.1, 0.15) is 34.7 Å². The van der Waals surface area contributed by atoms with Gasteiger partial charge in [-0.2, -0.15) is 0 Å². The number of nitrogens with one attached hydrogen (secondary N) is 1. The summed E-state index contributed by atoms with van der Waals surface area (Å²) in [6, 6.07) is 13.3. The molecule has 8 heteroatoms. The van der Waals surface area contributed by atoms with E-state index in [1.54, 1.807) is 12.3 Å². The molecule has 0 aliphatic carbocycles. The molecule has 1 aliphatic rings. The molecule has 2 atom stereocenters. The molecule has 0 amide bonds. The van der Waals surface area contributed by atoms with Crippen LogP contribution in [0.2, 0.25) is 10.0 Å². The number of halogens is 2. The highest BCUT2D eigenvalue weighted by Crippen LogP contribution is 2.41. The van der Waals surface area contributed by atoms with Crippen molar-refractivity contribution in [3.63, 3.8) is 0 Å². The van der Waals surface area contributed by atoms with Crippen molar-refractivity contribution in [2.45, 2.75) is 25.9 Å². The lowest BCUT2D eigenvalue weighted by molar-refractivity contribution is 0.223. The number of aliphatic hydroxyl groups is 1. The maximum absolute atomic E-state index is 9.66. The Hall–Kier alpha value is -2.12. The second-order valence-corrected chi connectivity index (χ2v) is 8.53. The Labute approximate surface area is 191 Å². The molecule has 1 aliphatic heterocycles. The van der Waals surface area contributed by atoms with Crippen molar-refractivity contribution in [3.05, 3.63) is 81.4 Å². The van der Waals surface area contributed by atoms with E-state index in [1.807, 2.05) is 42.2 Å². The fourth-order valence-corrected chi connectivity index (χ4v) is 5.04. The highest BCUT2D eigenvalue weighted by molar-refractivity contribution is 7.80. The molecule has 2 aromatic heterocycles. The van der Waals surface area contributed by atoms with Gasteiger partial charge in [0.2, 0.25) is 0 Å². The number of thiocarbonyl (C=S) groups is 1. The average Bonchev–Trinajstić information content (AvgIpc) is 3.19. The number of pyridine rings is 1. The molecule has 0 saturated carbocycles. The van der Waals surface area contributed by atoms with Crippen molar-refractivity contribution in [2.24, 2.45) is 0 Å². The topological polar surface area (TPSA) is 53.3 Å². The first-order valence-electron chi connectivity index (χ1n) is 9.65. The number of β-amino-alcohol motifs (C(OH)–C–C–N with tert-alkyl or cyclic N) is 1. The molecule has 1 fully saturated rings. The van der Waals surface area contributed by atoms with Crippen molar-refractivity contribution in [2.75, 3.05) is 13.2 Å². The zero-order valence-electron chi connectivity index (χ0n) is 16.6. The van der Waals surface area contributed by atoms with Gasteiger partial charge in [0.05, 0.1) is 35.1 Å². The molecule has 3 heterocycles. The molecular weight excluding hydrogens is 439 g/mol. The number of aromatic nitrogens is 2. The highest BCUT2D eigenvalue weighted by atomic mass is 35.5. The van der Waals surface area contributed by atoms with E-state index < -0.39 is 0 Å². The van der Waals surface area contributed by atoms with Gasteiger partial charge in [0.1, 0.15) is 0 Å². The molecule has 2 N–H and O–H groups in total. The summed E-state index contributed by atoms with van der Waals surface area (Å²) in [5.74, 6) is 0. The molecule has 5 nitrogen and oxygen atoms in total. The first-order chi connectivity index (χ1) is 14.4. The molecule has 0 bridgehead atoms. The minimum Gasteiger partial charge on any atom is -0.395 e. The number of hydrogen-bond donors (Lipinski definition) is 2. The SMILES string of the molecule is Cc1cc([C@H]2[C@H](c3ccccn3)NC(=S)N2CCO)c(C)n1-c1ccc(Cl)cc1Cl. The average molecular weight is 461 g/mol. The Morgan fingerprint density at radius 2 is 1.97 bits per heavy atom. The third-order valence-corrected chi connectivity index (χ3v) is 6.37. The quantitative estimate of drug-likeness (QED) is 0.537. The molecular formula is C22H22Cl2N4OS. The van der Waals surface area contributed by atoms with Crippen LogP contribution < -0.4 is 5.32 Å². The lowest BCUT2D eigenvalue weighted by Crippen LogP contribution is -2.32. The number of benzene rings is 1. The van der Waals surface area contributed by atoms with Crippen molar-refractivity contribution in [1.82, 2.24) is 19.8 Å². The zero-order valence-corrected chi connectivity index (χ0v) is 19.0. The highest BCUT2D eigenvalue weighted by Gasteiger charge is 2.41. The van der Waals surface area contributed by atoms with E-state index in [1.165, 1.54) is 0 Å². The fraction of sp³-hybridized carbons (Fsp3) is 0.273. The molecule has 156 valence electrons. The van der Waals surface area contributed by atoms with Crippen molar-refractivity contribution >= 4 is 40.5 Å². The minimum absolute atomic E-state index is 0.00894. The van der Waals surface area contributed by atoms with Gasteiger partial charge in [-0.15, -0.1) is 0 Å². The first kappa shape index (κ1) is 21.1. The van der Waals surface area contributed by atoms with Crippen LogP contribution in [-0.4, -0.2) is 37.8 Å². The number of nitrogens with zero attached hydrogens (tertiary/aromatic N) is 3. The van der Waals surface area contributed by atoms with Crippen LogP contribution in [0.4, 0.5) is 0 Å². The van der Waals surface area contributed by atoms with Gasteiger partial charge in [-0.25, -0.2) is 0 Å². The normalized spacial score (nSPS) is 18.7. The monoisotopic (exact) mass is 460 g/mol. The van der Waals surface area contributed by atoms with Crippen LogP contribution in [0.15, 0.2) is 48.7 Å². The van der Waals surface area contributed by atoms with Gasteiger partial charge in [0.15, 0.2) is 5.11 Å². The van der Waals surface area contributed by atoms with Crippen LogP contribution in [0, 0.1) is 13.8 Å². The number of aryl methyl sites for hydroxylation is 1. The van der Waals surface area contributed by atoms with Gasteiger partial charge in [0.25, 0.3) is 0 Å². The standard InChI is InChI=1S/C22H22Cl2N4OS/c1-13-11-16(14(2)28(13)19-7-6-15(23)12-17(19)24)21-20(18-5-3-4-8-25-18)26-22(30)27(21)9-10-29/h3-8,11-12,20-21,29H,9-10H2,1-2H3,(H,26,30)/t20-,21-/m0/s1. The third-order valence-electron chi connectivity index (χ3n) is 5.48. The Morgan fingerprint density at radius 3 is 2.63 bits per heavy atom. The second-order valence-electron chi connectivity index (χ2n) is 7.30. The second kappa shape index (κ2) is 8.55. The fourth-order valence-electron chi connectivity index (χ4n) is 4.21. The Bertz CT molecular complexity index is 1090. The maximum Gasteiger partial charge on any atom is 0.170 e. The van der Waals surface area contributed by atoms with Gasteiger partial charge in [-0.3, -0.25) is 4.98 Å². The van der Waals surface area contributed by atoms with E-state index in [9.17, 15) is 5.11 Å². The molecule has 4 rings (SSSR count). The lowest BCUT2D eigenvalue weighted by atomic mass is 9.97. The number of rotatable bonds is 5. The molecule has 1 saturated heterocycles. The summed E-state index contributed by atoms with van der Waals surface area (Å²) < 4.78 is 2.13. The van der Waals surface area contributed by atoms with Gasteiger partial charge in [-0.1, -0.05) is 29.3 Å². The minimum atomic E-state index is -0.125. The predicted octanol–water partition coefficient (Wildman–Crippen LogP) is 4.76. The van der Waals surface area contributed by atoms with E-state index in [2.05, 4.69) is 27.9 Å². The van der Waals surface area contributed by atoms with Crippen molar-refractivity contribution in [1.29, 1.82) is 0 Å². The van der Waals surface area contributed by atoms with Crippen LogP contribution in [0.25, 0.3) is 5.69 Å². The summed E-state index contributed by atoms with van der Waals surface area (Å²) in [6.45, 7) is 4.57. The van der Waals surface area contributed by atoms with Crippen LogP contribution in [0.5, 0.6) is 0 Å². The van der Waals surface area contributed by atoms with E-state index in [0.717, 1.165) is 28.3 Å². The van der Waals surface area contributed by atoms with Gasteiger partial charge < -0.3 is 19.9 Å². The van der Waals surface area contributed by atoms with Crippen molar-refractivity contribution < 1.29 is 5.11 Å². The molecule has 0 radical (unpaired) electrons. The summed E-state index contributed by atoms with van der Waals surface area (Å²) in [7, 11) is 0. The van der Waals surface area contributed by atoms with E-state index in [4.69, 9.17) is 35.4 Å². The summed E-state index contributed by atoms with van der Waals surface area (Å²) in [4.78, 5) is 6.58. The molecule has 3 aromatic rings. The molecule has 0 unspecified atom stereocenters. The van der Waals surface area contributed by atoms with Crippen LogP contribution >= 0.6 is 35.4 Å². The predicted molar refractivity (Wildman–Crippen MR) is 125 cm³/mol. The molecule has 0 spiro atoms. The maximum atomic E-state index is 9.66. The molecule has 1 aromatic carbocycles. The first-order valence-corrected chi connectivity index (χ1v) is 10.8. The lowest BCUT2D eigenvalue weighted by Gasteiger charge is -2.27. The zero-order chi connectivity index (χ0) is 21.4. The summed E-state index contributed by atoms with van der Waals surface area (Å²) in [6.07, 6.45) is 1.78. The Kier molecular flexibility index (Phi) is 6.02. The summed E-state index contributed by atoms with van der Waals surface area (Å²) >= 11 is 18.2. The van der Waals surface area contributed by atoms with Gasteiger partial charge in [-0.05, 0) is 68.0 Å². The third kappa shape index (κ3) is 3.69. The van der Waals surface area contributed by atoms with Crippen molar-refractivity contribution in [3.8, 4) is 5.69 Å². The summed E-state index contributed by atoms with van der Waals surface area (Å²) in [5.41, 5.74) is 4.99. The molecule has 30 heavy (non-hydrogen) atoms. The summed E-state index contributed by atoms with van der Waals surface area (Å²) in [5, 5.41) is 14.9. The van der Waals surface area contributed by atoms with Crippen LogP contribution in [-0.2, 0) is 0 Å².